The highest BCUT2D eigenvalue weighted by molar-refractivity contribution is 5.74. The van der Waals surface area contributed by atoms with Crippen molar-refractivity contribution in [3.05, 3.63) is 29.8 Å². The minimum Gasteiger partial charge on any atom is -0.508 e. The zero-order valence-electron chi connectivity index (χ0n) is 20.6. The molecule has 1 aromatic rings. The third-order valence-electron chi connectivity index (χ3n) is 5.23. The summed E-state index contributed by atoms with van der Waals surface area (Å²) >= 11 is 0. The maximum absolute atomic E-state index is 10.4. The Labute approximate surface area is 214 Å². The van der Waals surface area contributed by atoms with Gasteiger partial charge in [-0.3, -0.25) is 19.2 Å². The van der Waals surface area contributed by atoms with Crippen LogP contribution in [-0.2, 0) is 25.6 Å². The molecule has 5 atom stereocenters. The first-order valence-corrected chi connectivity index (χ1v) is 11.6. The minimum absolute atomic E-state index is 0.160. The van der Waals surface area contributed by atoms with Gasteiger partial charge in [-0.15, -0.1) is 0 Å². The first kappa shape index (κ1) is 33.7. The lowest BCUT2D eigenvalue weighted by atomic mass is 10.1. The van der Waals surface area contributed by atoms with Gasteiger partial charge in [0.2, 0.25) is 0 Å². The van der Waals surface area contributed by atoms with Crippen molar-refractivity contribution in [2.45, 2.75) is 69.3 Å². The Balaban J connectivity index is 0.000000481. The Bertz CT molecular complexity index is 796. The number of aliphatic hydroxyl groups excluding tert-OH is 1. The lowest BCUT2D eigenvalue weighted by Gasteiger charge is -2.06. The highest BCUT2D eigenvalue weighted by atomic mass is 16.4. The van der Waals surface area contributed by atoms with Crippen molar-refractivity contribution in [3.8, 4) is 5.75 Å². The van der Waals surface area contributed by atoms with Crippen LogP contribution in [0.25, 0.3) is 0 Å². The van der Waals surface area contributed by atoms with E-state index in [0.29, 0.717) is 0 Å². The summed E-state index contributed by atoms with van der Waals surface area (Å²) in [6.07, 6.45) is 2.86. The van der Waals surface area contributed by atoms with Gasteiger partial charge in [-0.05, 0) is 69.8 Å². The van der Waals surface area contributed by atoms with E-state index in [9.17, 15) is 19.2 Å². The molecular weight excluding hydrogens is 492 g/mol. The molecule has 0 spiro atoms. The average Bonchev–Trinajstić information content (AvgIpc) is 3.56. The van der Waals surface area contributed by atoms with E-state index >= 15 is 0 Å². The number of aromatic hydroxyl groups is 1. The number of phenolic OH excluding ortho intramolecular Hbond substituents is 1. The summed E-state index contributed by atoms with van der Waals surface area (Å²) < 4.78 is 0. The molecule has 0 amide bonds. The molecule has 2 aliphatic heterocycles. The zero-order chi connectivity index (χ0) is 28.5. The number of aliphatic hydroxyl groups is 1. The molecule has 2 fully saturated rings. The normalized spacial score (nSPS) is 20.3. The number of aliphatic carboxylic acids is 4. The van der Waals surface area contributed by atoms with Crippen molar-refractivity contribution in [3.63, 3.8) is 0 Å². The number of nitrogens with two attached hydrogens (primary N) is 2. The van der Waals surface area contributed by atoms with Crippen molar-refractivity contribution < 1.29 is 49.8 Å². The van der Waals surface area contributed by atoms with Crippen LogP contribution >= 0.6 is 0 Å². The predicted octanol–water partition coefficient (Wildman–Crippen LogP) is -1.23. The number of hydrogen-bond acceptors (Lipinski definition) is 10. The monoisotopic (exact) mass is 530 g/mol. The molecular formula is C23H38N4O10. The Morgan fingerprint density at radius 2 is 1.30 bits per heavy atom. The number of carboxylic acid groups (broad SMARTS) is 4. The Hall–Kier alpha value is -3.30. The second kappa shape index (κ2) is 18.0. The first-order chi connectivity index (χ1) is 17.3. The van der Waals surface area contributed by atoms with Crippen LogP contribution in [0.2, 0.25) is 0 Å². The first-order valence-electron chi connectivity index (χ1n) is 11.6. The number of rotatable bonds is 7. The summed E-state index contributed by atoms with van der Waals surface area (Å²) in [5.74, 6) is -3.48. The van der Waals surface area contributed by atoms with Crippen molar-refractivity contribution >= 4 is 23.9 Å². The SMILES string of the molecule is C[C@@H](O)[C@H](N)C(=O)O.N[C@@H](Cc1ccc(O)cc1)C(=O)O.O=C(O)[C@@H]1CCCN1.O=C(O)[C@@H]1CCCN1. The molecule has 12 N–H and O–H groups in total. The largest absolute Gasteiger partial charge is 0.508 e. The van der Waals surface area contributed by atoms with E-state index in [1.165, 1.54) is 19.1 Å². The van der Waals surface area contributed by atoms with E-state index in [1.807, 2.05) is 0 Å². The van der Waals surface area contributed by atoms with Crippen LogP contribution in [0, 0.1) is 0 Å². The lowest BCUT2D eigenvalue weighted by molar-refractivity contribution is -0.141. The van der Waals surface area contributed by atoms with Gasteiger partial charge in [0.1, 0.15) is 29.9 Å². The molecule has 0 aromatic heterocycles. The molecule has 0 aliphatic carbocycles. The Morgan fingerprint density at radius 1 is 0.865 bits per heavy atom. The third-order valence-corrected chi connectivity index (χ3v) is 5.23. The van der Waals surface area contributed by atoms with Gasteiger partial charge in [0.05, 0.1) is 6.10 Å². The van der Waals surface area contributed by atoms with Crippen LogP contribution in [0.5, 0.6) is 5.75 Å². The fraction of sp³-hybridized carbons (Fsp3) is 0.565. The fourth-order valence-electron chi connectivity index (χ4n) is 2.97. The van der Waals surface area contributed by atoms with E-state index in [1.54, 1.807) is 12.1 Å². The molecule has 14 nitrogen and oxygen atoms in total. The summed E-state index contributed by atoms with van der Waals surface area (Å²) in [6.45, 7) is 3.05. The molecule has 0 unspecified atom stereocenters. The van der Waals surface area contributed by atoms with Crippen molar-refractivity contribution in [2.24, 2.45) is 11.5 Å². The smallest absolute Gasteiger partial charge is 0.323 e. The van der Waals surface area contributed by atoms with Crippen LogP contribution in [0.3, 0.4) is 0 Å². The lowest BCUT2D eigenvalue weighted by Crippen LogP contribution is -2.39. The zero-order valence-corrected chi connectivity index (χ0v) is 20.6. The highest BCUT2D eigenvalue weighted by Gasteiger charge is 2.21. The molecule has 0 bridgehead atoms. The summed E-state index contributed by atoms with van der Waals surface area (Å²) in [7, 11) is 0. The molecule has 14 heteroatoms. The topological polar surface area (TPSA) is 266 Å². The Morgan fingerprint density at radius 3 is 1.51 bits per heavy atom. The predicted molar refractivity (Wildman–Crippen MR) is 132 cm³/mol. The summed E-state index contributed by atoms with van der Waals surface area (Å²) in [5, 5.41) is 56.4. The number of carbonyl (C=O) groups is 4. The summed E-state index contributed by atoms with van der Waals surface area (Å²) in [4.78, 5) is 40.5. The fourth-order valence-corrected chi connectivity index (χ4v) is 2.97. The van der Waals surface area contributed by atoms with E-state index in [4.69, 9.17) is 42.1 Å². The summed E-state index contributed by atoms with van der Waals surface area (Å²) in [6, 6.07) is 3.73. The van der Waals surface area contributed by atoms with Gasteiger partial charge in [0.25, 0.3) is 0 Å². The van der Waals surface area contributed by atoms with Gasteiger partial charge in [0, 0.05) is 0 Å². The van der Waals surface area contributed by atoms with Crippen LogP contribution < -0.4 is 22.1 Å². The van der Waals surface area contributed by atoms with Crippen LogP contribution in [0.1, 0.15) is 38.2 Å². The van der Waals surface area contributed by atoms with Gasteiger partial charge in [0.15, 0.2) is 0 Å². The van der Waals surface area contributed by atoms with Gasteiger partial charge < -0.3 is 52.7 Å². The number of carboxylic acids is 4. The van der Waals surface area contributed by atoms with E-state index in [0.717, 1.165) is 44.3 Å². The minimum atomic E-state index is -1.18. The average molecular weight is 531 g/mol. The van der Waals surface area contributed by atoms with Crippen molar-refractivity contribution in [1.29, 1.82) is 0 Å². The van der Waals surface area contributed by atoms with E-state index in [-0.39, 0.29) is 24.3 Å². The molecule has 37 heavy (non-hydrogen) atoms. The maximum atomic E-state index is 10.4. The second-order valence-corrected chi connectivity index (χ2v) is 8.39. The molecule has 1 aromatic carbocycles. The molecule has 2 heterocycles. The van der Waals surface area contributed by atoms with E-state index < -0.39 is 42.1 Å². The standard InChI is InChI=1S/C9H11NO3.2C5H9NO2.C4H9NO3/c10-8(9(12)13)5-6-1-3-7(11)4-2-6;2*7-5(8)4-2-1-3-6-4;1-2(6)3(5)4(7)8/h1-4,8,11H,5,10H2,(H,12,13);2*4,6H,1-3H2,(H,7,8);2-3,6H,5H2,1H3,(H,7,8)/t8-;2*4-;2-,3+/m0001/s1. The number of hydrogen-bond donors (Lipinski definition) is 10. The van der Waals surface area contributed by atoms with Crippen LogP contribution in [-0.4, -0.2) is 97.9 Å². The molecule has 3 rings (SSSR count). The number of nitrogens with one attached hydrogen (secondary N) is 2. The van der Waals surface area contributed by atoms with E-state index in [2.05, 4.69) is 10.6 Å². The molecule has 210 valence electrons. The van der Waals surface area contributed by atoms with Crippen LogP contribution in [0.15, 0.2) is 24.3 Å². The maximum Gasteiger partial charge on any atom is 0.323 e. The van der Waals surface area contributed by atoms with Crippen molar-refractivity contribution in [2.75, 3.05) is 13.1 Å². The molecule has 2 aliphatic rings. The van der Waals surface area contributed by atoms with Crippen LogP contribution in [0.4, 0.5) is 0 Å². The molecule has 2 saturated heterocycles. The Kier molecular flexibility index (Phi) is 16.4. The molecule has 0 saturated carbocycles. The number of benzene rings is 1. The number of phenols is 1. The van der Waals surface area contributed by atoms with Gasteiger partial charge >= 0.3 is 23.9 Å². The summed E-state index contributed by atoms with van der Waals surface area (Å²) in [5.41, 5.74) is 11.0. The van der Waals surface area contributed by atoms with Gasteiger partial charge in [-0.2, -0.15) is 0 Å². The van der Waals surface area contributed by atoms with Crippen molar-refractivity contribution in [1.82, 2.24) is 10.6 Å². The van der Waals surface area contributed by atoms with Gasteiger partial charge in [-0.1, -0.05) is 12.1 Å². The second-order valence-electron chi connectivity index (χ2n) is 8.39. The third kappa shape index (κ3) is 15.4. The van der Waals surface area contributed by atoms with Gasteiger partial charge in [-0.25, -0.2) is 0 Å². The quantitative estimate of drug-likeness (QED) is 0.198. The highest BCUT2D eigenvalue weighted by Crippen LogP contribution is 2.10. The molecule has 0 radical (unpaired) electrons.